The van der Waals surface area contributed by atoms with E-state index in [9.17, 15) is 0 Å². The van der Waals surface area contributed by atoms with Crippen LogP contribution in [0, 0.1) is 12.3 Å². The fraction of sp³-hybridized carbons (Fsp3) is 0.154. The number of pyridine rings is 1. The Morgan fingerprint density at radius 2 is 2.07 bits per heavy atom. The van der Waals surface area contributed by atoms with E-state index in [0.717, 1.165) is 23.3 Å². The van der Waals surface area contributed by atoms with Gasteiger partial charge in [0.2, 0.25) is 0 Å². The Bertz CT molecular complexity index is 497. The van der Waals surface area contributed by atoms with Crippen molar-refractivity contribution >= 4 is 16.7 Å². The molecule has 1 aromatic carbocycles. The zero-order valence-corrected chi connectivity index (χ0v) is 8.40. The van der Waals surface area contributed by atoms with Crippen LogP contribution in [-0.4, -0.2) is 11.5 Å². The number of nitrogens with zero attached hydrogens (tertiary/aromatic N) is 1. The van der Waals surface area contributed by atoms with E-state index < -0.39 is 0 Å². The lowest BCUT2D eigenvalue weighted by molar-refractivity contribution is 1.08. The number of hydrogen-bond acceptors (Lipinski definition) is 2. The van der Waals surface area contributed by atoms with Gasteiger partial charge in [0.25, 0.3) is 0 Å². The molecule has 1 N–H and O–H groups in total. The number of nitrogens with one attached hydrogen (secondary N) is 1. The average Bonchev–Trinajstić information content (AvgIpc) is 2.29. The van der Waals surface area contributed by atoms with E-state index in [0.29, 0.717) is 6.42 Å². The van der Waals surface area contributed by atoms with Crippen LogP contribution in [0.4, 0.5) is 5.82 Å². The summed E-state index contributed by atoms with van der Waals surface area (Å²) in [5.74, 6) is 3.46. The second-order valence-corrected chi connectivity index (χ2v) is 3.27. The molecule has 0 aliphatic rings. The van der Waals surface area contributed by atoms with Gasteiger partial charge in [-0.05, 0) is 18.2 Å². The largest absolute Gasteiger partial charge is 0.369 e. The molecule has 2 aromatic rings. The van der Waals surface area contributed by atoms with E-state index in [1.54, 1.807) is 0 Å². The SMILES string of the molecule is C#CCCNc1ccc2ccccc2n1. The molecule has 1 heterocycles. The topological polar surface area (TPSA) is 24.9 Å². The van der Waals surface area contributed by atoms with E-state index in [1.165, 1.54) is 0 Å². The molecule has 0 atom stereocenters. The Morgan fingerprint density at radius 3 is 2.93 bits per heavy atom. The molecule has 0 aliphatic heterocycles. The molecule has 15 heavy (non-hydrogen) atoms. The second kappa shape index (κ2) is 4.47. The third-order valence-electron chi connectivity index (χ3n) is 2.17. The van der Waals surface area contributed by atoms with Gasteiger partial charge < -0.3 is 5.32 Å². The fourth-order valence-electron chi connectivity index (χ4n) is 1.43. The minimum absolute atomic E-state index is 0.717. The molecular weight excluding hydrogens is 184 g/mol. The Morgan fingerprint density at radius 1 is 1.20 bits per heavy atom. The van der Waals surface area contributed by atoms with E-state index in [-0.39, 0.29) is 0 Å². The van der Waals surface area contributed by atoms with Crippen LogP contribution >= 0.6 is 0 Å². The number of terminal acetylenes is 1. The van der Waals surface area contributed by atoms with Crippen LogP contribution in [0.2, 0.25) is 0 Å². The van der Waals surface area contributed by atoms with E-state index in [4.69, 9.17) is 6.42 Å². The molecule has 74 valence electrons. The van der Waals surface area contributed by atoms with Crippen molar-refractivity contribution in [1.29, 1.82) is 0 Å². The first kappa shape index (κ1) is 9.54. The predicted molar refractivity (Wildman–Crippen MR) is 63.7 cm³/mol. The predicted octanol–water partition coefficient (Wildman–Crippen LogP) is 2.67. The van der Waals surface area contributed by atoms with E-state index in [1.807, 2.05) is 30.3 Å². The molecule has 1 aromatic heterocycles. The second-order valence-electron chi connectivity index (χ2n) is 3.27. The minimum atomic E-state index is 0.717. The first-order valence-electron chi connectivity index (χ1n) is 4.93. The molecule has 0 radical (unpaired) electrons. The lowest BCUT2D eigenvalue weighted by Gasteiger charge is -2.04. The van der Waals surface area contributed by atoms with Crippen LogP contribution in [0.25, 0.3) is 10.9 Å². The van der Waals surface area contributed by atoms with E-state index in [2.05, 4.69) is 22.3 Å². The summed E-state index contributed by atoms with van der Waals surface area (Å²) < 4.78 is 0. The van der Waals surface area contributed by atoms with Gasteiger partial charge in [0, 0.05) is 18.4 Å². The summed E-state index contributed by atoms with van der Waals surface area (Å²) in [5, 5.41) is 4.34. The molecule has 2 rings (SSSR count). The molecule has 2 nitrogen and oxygen atoms in total. The van der Waals surface area contributed by atoms with Gasteiger partial charge in [0.05, 0.1) is 5.52 Å². The van der Waals surface area contributed by atoms with Crippen molar-refractivity contribution in [2.45, 2.75) is 6.42 Å². The van der Waals surface area contributed by atoms with E-state index >= 15 is 0 Å². The van der Waals surface area contributed by atoms with Gasteiger partial charge in [-0.3, -0.25) is 0 Å². The molecule has 0 saturated carbocycles. The Kier molecular flexibility index (Phi) is 2.85. The van der Waals surface area contributed by atoms with Gasteiger partial charge >= 0.3 is 0 Å². The number of benzene rings is 1. The van der Waals surface area contributed by atoms with Crippen LogP contribution in [0.5, 0.6) is 0 Å². The van der Waals surface area contributed by atoms with Crippen molar-refractivity contribution in [3.05, 3.63) is 36.4 Å². The zero-order chi connectivity index (χ0) is 10.5. The van der Waals surface area contributed by atoms with Gasteiger partial charge in [0.1, 0.15) is 5.82 Å². The summed E-state index contributed by atoms with van der Waals surface area (Å²) in [4.78, 5) is 4.47. The molecule has 2 heteroatoms. The van der Waals surface area contributed by atoms with Crippen LogP contribution in [0.3, 0.4) is 0 Å². The Balaban J connectivity index is 2.20. The third-order valence-corrected chi connectivity index (χ3v) is 2.17. The summed E-state index contributed by atoms with van der Waals surface area (Å²) in [5.41, 5.74) is 1.00. The Hall–Kier alpha value is -2.01. The highest BCUT2D eigenvalue weighted by atomic mass is 15.0. The number of hydrogen-bond donors (Lipinski definition) is 1. The zero-order valence-electron chi connectivity index (χ0n) is 8.40. The maximum atomic E-state index is 5.17. The molecule has 0 bridgehead atoms. The van der Waals surface area contributed by atoms with Gasteiger partial charge in [-0.25, -0.2) is 4.98 Å². The van der Waals surface area contributed by atoms with Crippen molar-refractivity contribution in [2.24, 2.45) is 0 Å². The van der Waals surface area contributed by atoms with Crippen LogP contribution in [-0.2, 0) is 0 Å². The molecule has 0 fully saturated rings. The molecule has 0 aliphatic carbocycles. The summed E-state index contributed by atoms with van der Waals surface area (Å²) >= 11 is 0. The number of anilines is 1. The summed E-state index contributed by atoms with van der Waals surface area (Å²) in [6.07, 6.45) is 5.89. The fourth-order valence-corrected chi connectivity index (χ4v) is 1.43. The van der Waals surface area contributed by atoms with Crippen LogP contribution in [0.15, 0.2) is 36.4 Å². The first-order chi connectivity index (χ1) is 7.40. The molecular formula is C13H12N2. The average molecular weight is 196 g/mol. The van der Waals surface area contributed by atoms with Crippen molar-refractivity contribution in [3.8, 4) is 12.3 Å². The molecule has 0 saturated heterocycles. The van der Waals surface area contributed by atoms with Crippen molar-refractivity contribution < 1.29 is 0 Å². The Labute approximate surface area is 89.3 Å². The van der Waals surface area contributed by atoms with Crippen LogP contribution < -0.4 is 5.32 Å². The standard InChI is InChI=1S/C13H12N2/c1-2-3-10-14-13-9-8-11-6-4-5-7-12(11)15-13/h1,4-9H,3,10H2,(H,14,15). The van der Waals surface area contributed by atoms with Crippen LogP contribution in [0.1, 0.15) is 6.42 Å². The summed E-state index contributed by atoms with van der Waals surface area (Å²) in [7, 11) is 0. The van der Waals surface area contributed by atoms with Crippen molar-refractivity contribution in [1.82, 2.24) is 4.98 Å². The highest BCUT2D eigenvalue weighted by Crippen LogP contribution is 2.14. The van der Waals surface area contributed by atoms with Gasteiger partial charge in [-0.2, -0.15) is 0 Å². The quantitative estimate of drug-likeness (QED) is 0.603. The van der Waals surface area contributed by atoms with Gasteiger partial charge in [-0.15, -0.1) is 12.3 Å². The van der Waals surface area contributed by atoms with Crippen molar-refractivity contribution in [3.63, 3.8) is 0 Å². The highest BCUT2D eigenvalue weighted by molar-refractivity contribution is 5.79. The first-order valence-corrected chi connectivity index (χ1v) is 4.93. The number of para-hydroxylation sites is 1. The highest BCUT2D eigenvalue weighted by Gasteiger charge is 1.95. The molecule has 0 spiro atoms. The van der Waals surface area contributed by atoms with Gasteiger partial charge in [0.15, 0.2) is 0 Å². The normalized spacial score (nSPS) is 9.80. The maximum absolute atomic E-state index is 5.17. The van der Waals surface area contributed by atoms with Gasteiger partial charge in [-0.1, -0.05) is 18.2 Å². The lowest BCUT2D eigenvalue weighted by Crippen LogP contribution is -2.01. The number of fused-ring (bicyclic) bond motifs is 1. The third kappa shape index (κ3) is 2.26. The monoisotopic (exact) mass is 196 g/mol. The summed E-state index contributed by atoms with van der Waals surface area (Å²) in [6.45, 7) is 0.766. The van der Waals surface area contributed by atoms with Crippen molar-refractivity contribution in [2.75, 3.05) is 11.9 Å². The summed E-state index contributed by atoms with van der Waals surface area (Å²) in [6, 6.07) is 12.1. The maximum Gasteiger partial charge on any atom is 0.126 e. The molecule has 0 unspecified atom stereocenters. The minimum Gasteiger partial charge on any atom is -0.369 e. The molecule has 0 amide bonds. The lowest BCUT2D eigenvalue weighted by atomic mass is 10.2. The number of aromatic nitrogens is 1. The smallest absolute Gasteiger partial charge is 0.126 e. The number of rotatable bonds is 3.